The fourth-order valence-electron chi connectivity index (χ4n) is 2.89. The van der Waals surface area contributed by atoms with Crippen LogP contribution in [0.2, 0.25) is 10.0 Å². The molecule has 0 aliphatic carbocycles. The fourth-order valence-corrected chi connectivity index (χ4v) is 3.34. The Bertz CT molecular complexity index is 1130. The molecule has 2 N–H and O–H groups in total. The lowest BCUT2D eigenvalue weighted by Crippen LogP contribution is -1.93. The summed E-state index contributed by atoms with van der Waals surface area (Å²) in [5, 5.41) is 6.39. The molecule has 0 atom stereocenters. The van der Waals surface area contributed by atoms with E-state index in [0.717, 1.165) is 27.7 Å². The van der Waals surface area contributed by atoms with Crippen molar-refractivity contribution in [2.75, 3.05) is 5.43 Å². The van der Waals surface area contributed by atoms with E-state index in [4.69, 9.17) is 23.2 Å². The van der Waals surface area contributed by atoms with Gasteiger partial charge in [-0.05, 0) is 54.1 Å². The van der Waals surface area contributed by atoms with E-state index in [1.165, 1.54) is 12.1 Å². The molecular weight excluding hydrogens is 384 g/mol. The maximum absolute atomic E-state index is 13.3. The predicted molar refractivity (Wildman–Crippen MR) is 111 cm³/mol. The number of para-hydroxylation sites is 1. The number of fused-ring (bicyclic) bond motifs is 1. The number of aromatic nitrogens is 1. The number of rotatable bonds is 4. The smallest absolute Gasteiger partial charge is 0.123 e. The van der Waals surface area contributed by atoms with E-state index in [-0.39, 0.29) is 5.82 Å². The number of aromatic amines is 1. The first-order valence-electron chi connectivity index (χ1n) is 8.22. The van der Waals surface area contributed by atoms with Crippen LogP contribution < -0.4 is 5.43 Å². The Morgan fingerprint density at radius 2 is 1.74 bits per heavy atom. The van der Waals surface area contributed by atoms with Gasteiger partial charge in [0.05, 0.1) is 22.6 Å². The molecule has 0 amide bonds. The maximum atomic E-state index is 13.3. The first-order valence-corrected chi connectivity index (χ1v) is 8.98. The second-order valence-electron chi connectivity index (χ2n) is 5.96. The van der Waals surface area contributed by atoms with Gasteiger partial charge in [0.25, 0.3) is 0 Å². The molecule has 4 aromatic rings. The molecule has 0 saturated carbocycles. The monoisotopic (exact) mass is 397 g/mol. The van der Waals surface area contributed by atoms with Gasteiger partial charge in [-0.2, -0.15) is 5.10 Å². The van der Waals surface area contributed by atoms with E-state index in [1.54, 1.807) is 36.5 Å². The van der Waals surface area contributed by atoms with Crippen molar-refractivity contribution in [1.82, 2.24) is 4.98 Å². The molecule has 0 aliphatic heterocycles. The van der Waals surface area contributed by atoms with Gasteiger partial charge < -0.3 is 4.98 Å². The zero-order valence-electron chi connectivity index (χ0n) is 14.0. The van der Waals surface area contributed by atoms with Gasteiger partial charge in [0.15, 0.2) is 0 Å². The third-order valence-electron chi connectivity index (χ3n) is 4.19. The fraction of sp³-hybridized carbons (Fsp3) is 0. The summed E-state index contributed by atoms with van der Waals surface area (Å²) in [6, 6.07) is 19.4. The topological polar surface area (TPSA) is 40.2 Å². The Morgan fingerprint density at radius 3 is 2.52 bits per heavy atom. The number of anilines is 1. The van der Waals surface area contributed by atoms with Crippen LogP contribution in [-0.4, -0.2) is 11.2 Å². The third-order valence-corrected chi connectivity index (χ3v) is 4.74. The minimum absolute atomic E-state index is 0.274. The van der Waals surface area contributed by atoms with Gasteiger partial charge >= 0.3 is 0 Å². The average Bonchev–Trinajstić information content (AvgIpc) is 3.03. The molecule has 0 bridgehead atoms. The summed E-state index contributed by atoms with van der Waals surface area (Å²) in [7, 11) is 0. The van der Waals surface area contributed by atoms with Gasteiger partial charge in [-0.1, -0.05) is 41.4 Å². The van der Waals surface area contributed by atoms with Crippen molar-refractivity contribution in [3.8, 4) is 11.3 Å². The van der Waals surface area contributed by atoms with Crippen LogP contribution in [0.5, 0.6) is 0 Å². The zero-order valence-corrected chi connectivity index (χ0v) is 15.5. The Hall–Kier alpha value is -2.82. The number of halogens is 3. The SMILES string of the molecule is Fc1ccc(-c2[nH]c3ccccc3c2/C=N/Nc2ccc(Cl)cc2Cl)cc1. The van der Waals surface area contributed by atoms with Crippen molar-refractivity contribution < 1.29 is 4.39 Å². The minimum atomic E-state index is -0.274. The largest absolute Gasteiger partial charge is 0.354 e. The molecule has 1 heterocycles. The number of hydrogen-bond acceptors (Lipinski definition) is 2. The van der Waals surface area contributed by atoms with Crippen LogP contribution >= 0.6 is 23.2 Å². The quantitative estimate of drug-likeness (QED) is 0.291. The van der Waals surface area contributed by atoms with Gasteiger partial charge in [-0.25, -0.2) is 4.39 Å². The Labute approximate surface area is 165 Å². The summed E-state index contributed by atoms with van der Waals surface area (Å²) in [6.07, 6.45) is 1.72. The van der Waals surface area contributed by atoms with Gasteiger partial charge in [0.2, 0.25) is 0 Å². The lowest BCUT2D eigenvalue weighted by Gasteiger charge is -2.04. The molecule has 0 radical (unpaired) electrons. The van der Waals surface area contributed by atoms with Gasteiger partial charge in [-0.3, -0.25) is 5.43 Å². The number of nitrogens with one attached hydrogen (secondary N) is 2. The number of benzene rings is 3. The Kier molecular flexibility index (Phi) is 4.84. The summed E-state index contributed by atoms with van der Waals surface area (Å²) in [6.45, 7) is 0. The van der Waals surface area contributed by atoms with Crippen molar-refractivity contribution >= 4 is 46.0 Å². The number of H-pyrrole nitrogens is 1. The third kappa shape index (κ3) is 3.68. The van der Waals surface area contributed by atoms with Crippen molar-refractivity contribution in [3.63, 3.8) is 0 Å². The lowest BCUT2D eigenvalue weighted by molar-refractivity contribution is 0.628. The molecule has 134 valence electrons. The highest BCUT2D eigenvalue weighted by atomic mass is 35.5. The lowest BCUT2D eigenvalue weighted by atomic mass is 10.1. The summed E-state index contributed by atoms with van der Waals surface area (Å²) < 4.78 is 13.3. The molecule has 0 unspecified atom stereocenters. The van der Waals surface area contributed by atoms with Crippen LogP contribution in [0.1, 0.15) is 5.56 Å². The molecule has 3 aromatic carbocycles. The highest BCUT2D eigenvalue weighted by Crippen LogP contribution is 2.30. The van der Waals surface area contributed by atoms with Crippen LogP contribution in [-0.2, 0) is 0 Å². The molecule has 0 saturated heterocycles. The molecule has 0 aliphatic rings. The molecule has 27 heavy (non-hydrogen) atoms. The molecule has 1 aromatic heterocycles. The van der Waals surface area contributed by atoms with Crippen molar-refractivity contribution in [2.24, 2.45) is 5.10 Å². The molecular formula is C21H14Cl2FN3. The van der Waals surface area contributed by atoms with E-state index in [0.29, 0.717) is 15.7 Å². The van der Waals surface area contributed by atoms with Crippen molar-refractivity contribution in [1.29, 1.82) is 0 Å². The maximum Gasteiger partial charge on any atom is 0.123 e. The first-order chi connectivity index (χ1) is 13.1. The average molecular weight is 398 g/mol. The van der Waals surface area contributed by atoms with E-state index < -0.39 is 0 Å². The molecule has 4 rings (SSSR count). The summed E-state index contributed by atoms with van der Waals surface area (Å²) in [5.41, 5.74) is 7.20. The first kappa shape index (κ1) is 17.6. The van der Waals surface area contributed by atoms with E-state index in [2.05, 4.69) is 15.5 Å². The number of hydrogen-bond donors (Lipinski definition) is 2. The van der Waals surface area contributed by atoms with Crippen molar-refractivity contribution in [2.45, 2.75) is 0 Å². The standard InChI is InChI=1S/C21H14Cl2FN3/c22-14-7-10-20(18(23)11-14)27-25-12-17-16-3-1-2-4-19(16)26-21(17)13-5-8-15(24)9-6-13/h1-12,26-27H/b25-12+. The van der Waals surface area contributed by atoms with Crippen LogP contribution in [0.15, 0.2) is 71.8 Å². The van der Waals surface area contributed by atoms with Crippen LogP contribution in [0.4, 0.5) is 10.1 Å². The van der Waals surface area contributed by atoms with Gasteiger partial charge in [0.1, 0.15) is 5.82 Å². The predicted octanol–water partition coefficient (Wildman–Crippen LogP) is 6.73. The van der Waals surface area contributed by atoms with E-state index >= 15 is 0 Å². The van der Waals surface area contributed by atoms with E-state index in [1.807, 2.05) is 24.3 Å². The van der Waals surface area contributed by atoms with Crippen molar-refractivity contribution in [3.05, 3.63) is 88.2 Å². The normalized spacial score (nSPS) is 11.4. The second kappa shape index (κ2) is 7.43. The number of nitrogens with zero attached hydrogens (tertiary/aromatic N) is 1. The van der Waals surface area contributed by atoms with Crippen LogP contribution in [0.25, 0.3) is 22.2 Å². The highest BCUT2D eigenvalue weighted by Gasteiger charge is 2.11. The minimum Gasteiger partial charge on any atom is -0.354 e. The summed E-state index contributed by atoms with van der Waals surface area (Å²) in [4.78, 5) is 3.38. The van der Waals surface area contributed by atoms with Crippen LogP contribution in [0.3, 0.4) is 0 Å². The molecule has 0 spiro atoms. The van der Waals surface area contributed by atoms with Crippen LogP contribution in [0, 0.1) is 5.82 Å². The van der Waals surface area contributed by atoms with Gasteiger partial charge in [0, 0.05) is 21.5 Å². The zero-order chi connectivity index (χ0) is 18.8. The van der Waals surface area contributed by atoms with E-state index in [9.17, 15) is 4.39 Å². The Balaban J connectivity index is 1.73. The summed E-state index contributed by atoms with van der Waals surface area (Å²) >= 11 is 12.1. The molecule has 6 heteroatoms. The number of hydrazone groups is 1. The molecule has 0 fully saturated rings. The highest BCUT2D eigenvalue weighted by molar-refractivity contribution is 6.36. The Morgan fingerprint density at radius 1 is 0.963 bits per heavy atom. The molecule has 3 nitrogen and oxygen atoms in total. The van der Waals surface area contributed by atoms with Gasteiger partial charge in [-0.15, -0.1) is 0 Å². The second-order valence-corrected chi connectivity index (χ2v) is 6.80. The summed E-state index contributed by atoms with van der Waals surface area (Å²) in [5.74, 6) is -0.274.